The fourth-order valence-electron chi connectivity index (χ4n) is 3.03. The zero-order valence-electron chi connectivity index (χ0n) is 13.3. The van der Waals surface area contributed by atoms with Gasteiger partial charge in [-0.25, -0.2) is 9.59 Å². The number of likely N-dealkylation sites (tertiary alicyclic amines) is 1. The molecule has 1 aliphatic heterocycles. The maximum absolute atomic E-state index is 12.7. The normalized spacial score (nSPS) is 21.9. The van der Waals surface area contributed by atoms with Crippen LogP contribution in [0.2, 0.25) is 0 Å². The Labute approximate surface area is 121 Å². The largest absolute Gasteiger partial charge is 0.480 e. The van der Waals surface area contributed by atoms with E-state index in [9.17, 15) is 14.7 Å². The summed E-state index contributed by atoms with van der Waals surface area (Å²) in [6, 6.07) is -0.869. The Hall–Kier alpha value is -1.26. The molecule has 2 amide bonds. The third kappa shape index (κ3) is 3.64. The lowest BCUT2D eigenvalue weighted by Crippen LogP contribution is -2.59. The molecule has 5 heteroatoms. The molecular formula is C15H28N2O3. The minimum Gasteiger partial charge on any atom is -0.480 e. The first-order chi connectivity index (χ1) is 9.20. The van der Waals surface area contributed by atoms with Crippen LogP contribution in [0.5, 0.6) is 0 Å². The standard InChI is InChI=1S/C15H28N2O3/c1-6-16(10-11(2)3)14(20)17-9-7-8-15(4,5)12(17)13(18)19/h11-12H,6-10H2,1-5H3,(H,18,19). The fraction of sp³-hybridized carbons (Fsp3) is 0.867. The highest BCUT2D eigenvalue weighted by atomic mass is 16.4. The summed E-state index contributed by atoms with van der Waals surface area (Å²) in [7, 11) is 0. The molecule has 1 aliphatic rings. The van der Waals surface area contributed by atoms with Crippen LogP contribution in [0.1, 0.15) is 47.5 Å². The number of rotatable bonds is 4. The van der Waals surface area contributed by atoms with Crippen molar-refractivity contribution in [1.29, 1.82) is 0 Å². The van der Waals surface area contributed by atoms with Crippen LogP contribution in [0.15, 0.2) is 0 Å². The highest BCUT2D eigenvalue weighted by Gasteiger charge is 2.45. The molecule has 0 aromatic rings. The van der Waals surface area contributed by atoms with E-state index in [-0.39, 0.29) is 11.4 Å². The van der Waals surface area contributed by atoms with Gasteiger partial charge in [0.05, 0.1) is 0 Å². The zero-order valence-corrected chi connectivity index (χ0v) is 13.3. The summed E-state index contributed by atoms with van der Waals surface area (Å²) in [5.41, 5.74) is -0.378. The minimum absolute atomic E-state index is 0.138. The Morgan fingerprint density at radius 2 is 2.00 bits per heavy atom. The molecule has 1 heterocycles. The second-order valence-electron chi connectivity index (χ2n) is 6.74. The van der Waals surface area contributed by atoms with Gasteiger partial charge in [0.25, 0.3) is 0 Å². The molecule has 1 saturated heterocycles. The number of hydrogen-bond donors (Lipinski definition) is 1. The smallest absolute Gasteiger partial charge is 0.327 e. The van der Waals surface area contributed by atoms with Crippen molar-refractivity contribution >= 4 is 12.0 Å². The Kier molecular flexibility index (Phi) is 5.42. The van der Waals surface area contributed by atoms with Gasteiger partial charge in [0, 0.05) is 19.6 Å². The Bertz CT molecular complexity index is 366. The summed E-state index contributed by atoms with van der Waals surface area (Å²) in [5, 5.41) is 9.52. The van der Waals surface area contributed by atoms with E-state index in [4.69, 9.17) is 0 Å². The van der Waals surface area contributed by atoms with Gasteiger partial charge in [-0.2, -0.15) is 0 Å². The Balaban J connectivity index is 2.96. The third-order valence-electron chi connectivity index (χ3n) is 3.99. The summed E-state index contributed by atoms with van der Waals surface area (Å²) in [6.45, 7) is 11.7. The number of carboxylic acids is 1. The third-order valence-corrected chi connectivity index (χ3v) is 3.99. The van der Waals surface area contributed by atoms with Crippen molar-refractivity contribution in [3.05, 3.63) is 0 Å². The first-order valence-corrected chi connectivity index (χ1v) is 7.49. The molecule has 1 unspecified atom stereocenters. The van der Waals surface area contributed by atoms with Crippen LogP contribution in [-0.4, -0.2) is 52.6 Å². The van der Waals surface area contributed by atoms with Crippen molar-refractivity contribution in [2.24, 2.45) is 11.3 Å². The average Bonchev–Trinajstić information content (AvgIpc) is 2.32. The van der Waals surface area contributed by atoms with Gasteiger partial charge in [0.15, 0.2) is 0 Å². The summed E-state index contributed by atoms with van der Waals surface area (Å²) in [5.74, 6) is -0.524. The molecule has 0 saturated carbocycles. The monoisotopic (exact) mass is 284 g/mol. The van der Waals surface area contributed by atoms with E-state index in [1.807, 2.05) is 20.8 Å². The van der Waals surface area contributed by atoms with Crippen molar-refractivity contribution in [1.82, 2.24) is 9.80 Å². The van der Waals surface area contributed by atoms with Gasteiger partial charge in [0.1, 0.15) is 6.04 Å². The summed E-state index contributed by atoms with van der Waals surface area (Å²) in [6.07, 6.45) is 1.70. The summed E-state index contributed by atoms with van der Waals surface area (Å²) < 4.78 is 0. The number of carbonyl (C=O) groups is 2. The maximum atomic E-state index is 12.7. The molecule has 0 radical (unpaired) electrons. The van der Waals surface area contributed by atoms with E-state index in [2.05, 4.69) is 13.8 Å². The highest BCUT2D eigenvalue weighted by molar-refractivity contribution is 5.83. The van der Waals surface area contributed by atoms with Gasteiger partial charge in [-0.3, -0.25) is 0 Å². The minimum atomic E-state index is -0.899. The lowest BCUT2D eigenvalue weighted by atomic mass is 9.76. The molecule has 0 spiro atoms. The molecule has 1 N–H and O–H groups in total. The molecule has 0 bridgehead atoms. The van der Waals surface area contributed by atoms with E-state index in [1.54, 1.807) is 9.80 Å². The average molecular weight is 284 g/mol. The number of carbonyl (C=O) groups excluding carboxylic acids is 1. The molecule has 116 valence electrons. The number of carboxylic acid groups (broad SMARTS) is 1. The maximum Gasteiger partial charge on any atom is 0.327 e. The second kappa shape index (κ2) is 6.46. The second-order valence-corrected chi connectivity index (χ2v) is 6.74. The number of piperidine rings is 1. The van der Waals surface area contributed by atoms with Crippen LogP contribution >= 0.6 is 0 Å². The van der Waals surface area contributed by atoms with Crippen LogP contribution in [0.3, 0.4) is 0 Å². The summed E-state index contributed by atoms with van der Waals surface area (Å²) >= 11 is 0. The molecule has 0 aromatic heterocycles. The van der Waals surface area contributed by atoms with E-state index < -0.39 is 12.0 Å². The topological polar surface area (TPSA) is 60.9 Å². The molecule has 1 atom stereocenters. The Morgan fingerprint density at radius 1 is 1.40 bits per heavy atom. The molecule has 1 rings (SSSR count). The molecule has 1 fully saturated rings. The molecule has 0 aromatic carbocycles. The van der Waals surface area contributed by atoms with Crippen molar-refractivity contribution in [3.8, 4) is 0 Å². The lowest BCUT2D eigenvalue weighted by Gasteiger charge is -2.45. The van der Waals surface area contributed by atoms with Gasteiger partial charge < -0.3 is 14.9 Å². The van der Waals surface area contributed by atoms with Crippen LogP contribution in [0, 0.1) is 11.3 Å². The SMILES string of the molecule is CCN(CC(C)C)C(=O)N1CCCC(C)(C)C1C(=O)O. The van der Waals surface area contributed by atoms with E-state index in [0.717, 1.165) is 12.8 Å². The van der Waals surface area contributed by atoms with Crippen LogP contribution in [0.4, 0.5) is 4.79 Å². The highest BCUT2D eigenvalue weighted by Crippen LogP contribution is 2.35. The number of urea groups is 1. The number of nitrogens with zero attached hydrogens (tertiary/aromatic N) is 2. The molecular weight excluding hydrogens is 256 g/mol. The lowest BCUT2D eigenvalue weighted by molar-refractivity contribution is -0.148. The first kappa shape index (κ1) is 16.8. The molecule has 5 nitrogen and oxygen atoms in total. The van der Waals surface area contributed by atoms with Gasteiger partial charge in [-0.05, 0) is 31.1 Å². The number of aliphatic carboxylic acids is 1. The van der Waals surface area contributed by atoms with Crippen molar-refractivity contribution < 1.29 is 14.7 Å². The van der Waals surface area contributed by atoms with Crippen LogP contribution < -0.4 is 0 Å². The van der Waals surface area contributed by atoms with Gasteiger partial charge in [-0.15, -0.1) is 0 Å². The van der Waals surface area contributed by atoms with Gasteiger partial charge in [-0.1, -0.05) is 27.7 Å². The summed E-state index contributed by atoms with van der Waals surface area (Å²) in [4.78, 5) is 27.6. The zero-order chi connectivity index (χ0) is 15.5. The van der Waals surface area contributed by atoms with Crippen molar-refractivity contribution in [2.75, 3.05) is 19.6 Å². The number of amides is 2. The van der Waals surface area contributed by atoms with E-state index in [1.165, 1.54) is 0 Å². The molecule has 0 aliphatic carbocycles. The fourth-order valence-corrected chi connectivity index (χ4v) is 3.03. The quantitative estimate of drug-likeness (QED) is 0.863. The van der Waals surface area contributed by atoms with E-state index >= 15 is 0 Å². The van der Waals surface area contributed by atoms with Crippen LogP contribution in [0.25, 0.3) is 0 Å². The predicted molar refractivity (Wildman–Crippen MR) is 78.6 cm³/mol. The van der Waals surface area contributed by atoms with E-state index in [0.29, 0.717) is 25.6 Å². The van der Waals surface area contributed by atoms with Crippen molar-refractivity contribution in [3.63, 3.8) is 0 Å². The Morgan fingerprint density at radius 3 is 2.45 bits per heavy atom. The van der Waals surface area contributed by atoms with Gasteiger partial charge in [0.2, 0.25) is 0 Å². The first-order valence-electron chi connectivity index (χ1n) is 7.49. The number of hydrogen-bond acceptors (Lipinski definition) is 2. The molecule has 20 heavy (non-hydrogen) atoms. The van der Waals surface area contributed by atoms with Crippen molar-refractivity contribution in [2.45, 2.75) is 53.5 Å². The van der Waals surface area contributed by atoms with Gasteiger partial charge >= 0.3 is 12.0 Å². The van der Waals surface area contributed by atoms with Crippen LogP contribution in [-0.2, 0) is 4.79 Å². The predicted octanol–water partition coefficient (Wildman–Crippen LogP) is 2.66.